The molecule has 1 aliphatic heterocycles. The van der Waals surface area contributed by atoms with Crippen LogP contribution in [0.5, 0.6) is 5.75 Å². The zero-order valence-electron chi connectivity index (χ0n) is 20.9. The third-order valence-corrected chi connectivity index (χ3v) is 7.20. The van der Waals surface area contributed by atoms with Crippen LogP contribution in [0.1, 0.15) is 23.7 Å². The topological polar surface area (TPSA) is 121 Å². The summed E-state index contributed by atoms with van der Waals surface area (Å²) < 4.78 is 21.1. The molecule has 10 nitrogen and oxygen atoms in total. The summed E-state index contributed by atoms with van der Waals surface area (Å²) in [6.45, 7) is 3.29. The monoisotopic (exact) mass is 549 g/mol. The van der Waals surface area contributed by atoms with Crippen molar-refractivity contribution >= 4 is 39.9 Å². The summed E-state index contributed by atoms with van der Waals surface area (Å²) in [7, 11) is 0. The van der Waals surface area contributed by atoms with Crippen molar-refractivity contribution in [3.63, 3.8) is 0 Å². The number of aromatic nitrogens is 5. The summed E-state index contributed by atoms with van der Waals surface area (Å²) in [5.74, 6) is 0.317. The van der Waals surface area contributed by atoms with Crippen molar-refractivity contribution in [2.24, 2.45) is 0 Å². The Bertz CT molecular complexity index is 1670. The van der Waals surface area contributed by atoms with Gasteiger partial charge in [-0.2, -0.15) is 5.10 Å². The number of benzene rings is 1. The lowest BCUT2D eigenvalue weighted by atomic mass is 10.0. The molecule has 12 heteroatoms. The zero-order valence-corrected chi connectivity index (χ0v) is 21.7. The van der Waals surface area contributed by atoms with Crippen LogP contribution in [0.4, 0.5) is 10.2 Å². The van der Waals surface area contributed by atoms with Gasteiger partial charge in [0.15, 0.2) is 5.65 Å². The number of fused-ring (bicyclic) bond motifs is 3. The first-order chi connectivity index (χ1) is 18.9. The number of ether oxygens (including phenoxy) is 1. The van der Waals surface area contributed by atoms with Gasteiger partial charge in [-0.15, -0.1) is 5.10 Å². The largest absolute Gasteiger partial charge is 0.492 e. The first-order valence-corrected chi connectivity index (χ1v) is 12.9. The van der Waals surface area contributed by atoms with Crippen molar-refractivity contribution in [2.45, 2.75) is 25.5 Å². The van der Waals surface area contributed by atoms with Gasteiger partial charge in [-0.25, -0.2) is 13.9 Å². The fourth-order valence-corrected chi connectivity index (χ4v) is 5.17. The van der Waals surface area contributed by atoms with Gasteiger partial charge in [0.2, 0.25) is 0 Å². The normalized spacial score (nSPS) is 17.6. The van der Waals surface area contributed by atoms with E-state index in [2.05, 4.69) is 25.6 Å². The molecular weight excluding hydrogens is 525 g/mol. The minimum atomic E-state index is -0.847. The second-order valence-corrected chi connectivity index (χ2v) is 9.77. The molecule has 4 aromatic heterocycles. The van der Waals surface area contributed by atoms with Crippen LogP contribution in [0.15, 0.2) is 55.0 Å². The van der Waals surface area contributed by atoms with Crippen molar-refractivity contribution in [3.8, 4) is 16.9 Å². The molecule has 1 amide bonds. The maximum absolute atomic E-state index is 13.6. The SMILES string of the molecule is CCOc1cc(-c2ccc(N3CC[C@H](NC(=O)c4cc(F)ccc4Cl)[C@H](O)C3)nc2)c2c3cn[nH]c3nn2c1. The van der Waals surface area contributed by atoms with Gasteiger partial charge in [-0.1, -0.05) is 11.6 Å². The van der Waals surface area contributed by atoms with Crippen molar-refractivity contribution in [1.29, 1.82) is 0 Å². The molecule has 1 saturated heterocycles. The average Bonchev–Trinajstić information content (AvgIpc) is 3.52. The van der Waals surface area contributed by atoms with Gasteiger partial charge in [0.1, 0.15) is 17.4 Å². The highest BCUT2D eigenvalue weighted by atomic mass is 35.5. The van der Waals surface area contributed by atoms with Gasteiger partial charge in [-0.3, -0.25) is 9.89 Å². The molecule has 0 radical (unpaired) electrons. The molecule has 3 N–H and O–H groups in total. The Morgan fingerprint density at radius 2 is 2.15 bits per heavy atom. The van der Waals surface area contributed by atoms with Gasteiger partial charge in [0.05, 0.1) is 52.6 Å². The van der Waals surface area contributed by atoms with E-state index in [1.165, 1.54) is 12.1 Å². The van der Waals surface area contributed by atoms with Crippen molar-refractivity contribution in [1.82, 2.24) is 30.1 Å². The first-order valence-electron chi connectivity index (χ1n) is 12.5. The minimum Gasteiger partial charge on any atom is -0.492 e. The standard InChI is InChI=1S/C27H25ClFN7O3/c1-2-39-17-10-18(25-20-12-31-33-26(20)34-36(25)13-17)15-3-6-24(30-11-15)35-8-7-22(23(37)14-35)32-27(38)19-9-16(29)4-5-21(19)28/h3-6,9-13,22-23,37H,2,7-8,14H2,1H3,(H,32,38)(H,33,34)/t22-,23+/m0/s1. The quantitative estimate of drug-likeness (QED) is 0.294. The summed E-state index contributed by atoms with van der Waals surface area (Å²) in [5, 5.41) is 26.2. The number of hydrogen-bond acceptors (Lipinski definition) is 7. The van der Waals surface area contributed by atoms with E-state index in [0.29, 0.717) is 36.8 Å². The second-order valence-electron chi connectivity index (χ2n) is 9.36. The number of carbonyl (C=O) groups is 1. The number of piperidine rings is 1. The Kier molecular flexibility index (Phi) is 6.53. The number of anilines is 1. The molecule has 2 atom stereocenters. The van der Waals surface area contributed by atoms with Crippen LogP contribution in [0.3, 0.4) is 0 Å². The number of β-amino-alcohol motifs (C(OH)–C–C–N with tert-alkyl or cyclic N) is 1. The molecule has 5 aromatic rings. The Hall–Kier alpha value is -4.22. The molecule has 1 aromatic carbocycles. The number of pyridine rings is 2. The molecule has 1 aliphatic rings. The first kappa shape index (κ1) is 25.1. The van der Waals surface area contributed by atoms with Crippen LogP contribution < -0.4 is 15.0 Å². The minimum absolute atomic E-state index is 0.0388. The highest BCUT2D eigenvalue weighted by Crippen LogP contribution is 2.33. The smallest absolute Gasteiger partial charge is 0.253 e. The van der Waals surface area contributed by atoms with Crippen LogP contribution in [-0.4, -0.2) is 67.7 Å². The van der Waals surface area contributed by atoms with Crippen LogP contribution in [0.2, 0.25) is 5.02 Å². The number of nitrogens with zero attached hydrogens (tertiary/aromatic N) is 5. The van der Waals surface area contributed by atoms with Gasteiger partial charge in [0.25, 0.3) is 5.91 Å². The molecule has 200 valence electrons. The number of aromatic amines is 1. The number of aliphatic hydroxyl groups is 1. The van der Waals surface area contributed by atoms with E-state index < -0.39 is 23.9 Å². The van der Waals surface area contributed by atoms with Gasteiger partial charge in [-0.05, 0) is 49.7 Å². The molecule has 0 aliphatic carbocycles. The van der Waals surface area contributed by atoms with Crippen LogP contribution in [-0.2, 0) is 0 Å². The molecule has 0 bridgehead atoms. The van der Waals surface area contributed by atoms with E-state index in [1.807, 2.05) is 36.2 Å². The van der Waals surface area contributed by atoms with E-state index in [-0.39, 0.29) is 17.1 Å². The van der Waals surface area contributed by atoms with Crippen molar-refractivity contribution in [2.75, 3.05) is 24.6 Å². The molecule has 1 fully saturated rings. The molecule has 0 unspecified atom stereocenters. The molecular formula is C27H25ClFN7O3. The molecule has 0 spiro atoms. The number of amides is 1. The second kappa shape index (κ2) is 10.2. The molecule has 6 rings (SSSR count). The average molecular weight is 550 g/mol. The maximum atomic E-state index is 13.6. The number of aliphatic hydroxyl groups excluding tert-OH is 1. The third kappa shape index (κ3) is 4.75. The Morgan fingerprint density at radius 1 is 1.28 bits per heavy atom. The summed E-state index contributed by atoms with van der Waals surface area (Å²) in [5.41, 5.74) is 3.39. The predicted molar refractivity (Wildman–Crippen MR) is 145 cm³/mol. The summed E-state index contributed by atoms with van der Waals surface area (Å²) in [6, 6.07) is 8.95. The lowest BCUT2D eigenvalue weighted by molar-refractivity contribution is 0.0797. The van der Waals surface area contributed by atoms with Crippen LogP contribution in [0.25, 0.3) is 27.7 Å². The van der Waals surface area contributed by atoms with E-state index >= 15 is 0 Å². The Balaban J connectivity index is 1.20. The Morgan fingerprint density at radius 3 is 2.92 bits per heavy atom. The van der Waals surface area contributed by atoms with Gasteiger partial charge >= 0.3 is 0 Å². The summed E-state index contributed by atoms with van der Waals surface area (Å²) in [4.78, 5) is 19.3. The fourth-order valence-electron chi connectivity index (χ4n) is 4.96. The number of H-pyrrole nitrogens is 1. The summed E-state index contributed by atoms with van der Waals surface area (Å²) >= 11 is 6.06. The zero-order chi connectivity index (χ0) is 27.1. The number of carbonyl (C=O) groups excluding carboxylic acids is 1. The third-order valence-electron chi connectivity index (χ3n) is 6.87. The summed E-state index contributed by atoms with van der Waals surface area (Å²) in [6.07, 6.45) is 5.00. The number of halogens is 2. The maximum Gasteiger partial charge on any atom is 0.253 e. The van der Waals surface area contributed by atoms with Gasteiger partial charge in [0, 0.05) is 30.4 Å². The van der Waals surface area contributed by atoms with E-state index in [9.17, 15) is 14.3 Å². The van der Waals surface area contributed by atoms with E-state index in [1.54, 1.807) is 16.9 Å². The van der Waals surface area contributed by atoms with E-state index in [0.717, 1.165) is 28.1 Å². The lowest BCUT2D eigenvalue weighted by Crippen LogP contribution is -2.54. The fraction of sp³-hybridized carbons (Fsp3) is 0.259. The lowest BCUT2D eigenvalue weighted by Gasteiger charge is -2.37. The number of nitrogens with one attached hydrogen (secondary N) is 2. The number of rotatable bonds is 6. The molecule has 39 heavy (non-hydrogen) atoms. The van der Waals surface area contributed by atoms with Crippen molar-refractivity contribution < 1.29 is 19.0 Å². The highest BCUT2D eigenvalue weighted by molar-refractivity contribution is 6.33. The van der Waals surface area contributed by atoms with Crippen molar-refractivity contribution in [3.05, 3.63) is 71.4 Å². The van der Waals surface area contributed by atoms with Gasteiger partial charge < -0.3 is 20.1 Å². The van der Waals surface area contributed by atoms with Crippen LogP contribution in [0, 0.1) is 5.82 Å². The van der Waals surface area contributed by atoms with Crippen LogP contribution >= 0.6 is 11.6 Å². The molecule has 0 saturated carbocycles. The highest BCUT2D eigenvalue weighted by Gasteiger charge is 2.30. The Labute approximate surface area is 227 Å². The van der Waals surface area contributed by atoms with E-state index in [4.69, 9.17) is 16.3 Å². The molecule has 5 heterocycles. The number of hydrogen-bond donors (Lipinski definition) is 3. The predicted octanol–water partition coefficient (Wildman–Crippen LogP) is 3.83.